The Bertz CT molecular complexity index is 870. The normalized spacial score (nSPS) is 42.7. The van der Waals surface area contributed by atoms with Crippen LogP contribution in [-0.4, -0.2) is 84.3 Å². The summed E-state index contributed by atoms with van der Waals surface area (Å²) in [6, 6.07) is 0. The third-order valence-corrected chi connectivity index (χ3v) is 12.4. The number of fused-ring (bicyclic) bond motifs is 5. The first-order chi connectivity index (χ1) is 20.1. The summed E-state index contributed by atoms with van der Waals surface area (Å²) in [4.78, 5) is 12.1. The van der Waals surface area contributed by atoms with E-state index in [9.17, 15) is 9.90 Å². The van der Waals surface area contributed by atoms with E-state index >= 15 is 0 Å². The van der Waals surface area contributed by atoms with Crippen LogP contribution in [0.25, 0.3) is 0 Å². The lowest BCUT2D eigenvalue weighted by Crippen LogP contribution is -2.66. The van der Waals surface area contributed by atoms with Crippen molar-refractivity contribution in [2.24, 2.45) is 52.3 Å². The van der Waals surface area contributed by atoms with Gasteiger partial charge < -0.3 is 38.3 Å². The van der Waals surface area contributed by atoms with Crippen molar-refractivity contribution in [3.8, 4) is 0 Å². The predicted octanol–water partition coefficient (Wildman–Crippen LogP) is 5.03. The smallest absolute Gasteiger partial charge is 0.334 e. The fourth-order valence-corrected chi connectivity index (χ4v) is 10.7. The van der Waals surface area contributed by atoms with Crippen LogP contribution in [0.4, 0.5) is 0 Å². The van der Waals surface area contributed by atoms with Gasteiger partial charge in [0.2, 0.25) is 0 Å². The Morgan fingerprint density at radius 3 is 2.19 bits per heavy atom. The zero-order valence-corrected chi connectivity index (χ0v) is 27.3. The van der Waals surface area contributed by atoms with Crippen molar-refractivity contribution in [1.82, 2.24) is 0 Å². The average Bonchev–Trinajstić information content (AvgIpc) is 3.35. The molecule has 4 fully saturated rings. The molecule has 0 aromatic rings. The Balaban J connectivity index is 1.72. The number of ether oxygens (including phenoxy) is 7. The van der Waals surface area contributed by atoms with Crippen molar-refractivity contribution in [3.05, 3.63) is 0 Å². The van der Waals surface area contributed by atoms with Gasteiger partial charge in [-0.1, -0.05) is 34.1 Å². The highest BCUT2D eigenvalue weighted by molar-refractivity contribution is 5.74. The molecule has 0 aromatic heterocycles. The number of carbonyl (C=O) groups is 1. The second-order valence-electron chi connectivity index (χ2n) is 14.1. The van der Waals surface area contributed by atoms with Gasteiger partial charge in [-0.3, -0.25) is 0 Å². The molecule has 0 spiro atoms. The first-order valence-corrected chi connectivity index (χ1v) is 16.2. The number of methoxy groups -OCH3 is 4. The first kappa shape index (κ1) is 34.1. The molecule has 42 heavy (non-hydrogen) atoms. The van der Waals surface area contributed by atoms with E-state index in [1.807, 2.05) is 0 Å². The highest BCUT2D eigenvalue weighted by Crippen LogP contribution is 2.70. The SMILES string of the molecule is CC[C@H]1[C@@H](OCOC)[C@@H]2[C@H](C[C@H](OCOC)[C@]3(C)[C@@H]([C@H](C)C[C@H](O)C(=O)OC)CC[C@@H]23)[C@@]2(C)CC[C@@H](OCOC)C[C@@H]12. The number of hydrogen-bond donors (Lipinski definition) is 1. The molecule has 0 aliphatic heterocycles. The van der Waals surface area contributed by atoms with E-state index in [-0.39, 0.29) is 54.6 Å². The molecule has 9 nitrogen and oxygen atoms in total. The van der Waals surface area contributed by atoms with Crippen LogP contribution < -0.4 is 0 Å². The van der Waals surface area contributed by atoms with Gasteiger partial charge in [0.1, 0.15) is 20.4 Å². The molecule has 4 rings (SSSR count). The molecule has 0 saturated heterocycles. The van der Waals surface area contributed by atoms with Gasteiger partial charge in [-0.25, -0.2) is 4.79 Å². The molecule has 0 bridgehead atoms. The molecule has 4 aliphatic carbocycles. The summed E-state index contributed by atoms with van der Waals surface area (Å²) >= 11 is 0. The van der Waals surface area contributed by atoms with E-state index in [0.29, 0.717) is 42.8 Å². The Kier molecular flexibility index (Phi) is 11.8. The van der Waals surface area contributed by atoms with E-state index in [0.717, 1.165) is 44.9 Å². The standard InChI is InChI=1S/C33H58O9/c1-9-22-25-15-21(40-17-36-5)12-13-32(25,3)26-16-28(41-18-37-6)33(4)23(20(2)14-27(34)31(35)39-8)10-11-24(33)29(26)30(22)42-19-38-7/h20-30,34H,9-19H2,1-8H3/t20-,21-,22-,23-,24+,25+,26+,27+,28+,29+,30-,32+,33-/m1/s1. The first-order valence-electron chi connectivity index (χ1n) is 16.2. The maximum Gasteiger partial charge on any atom is 0.334 e. The minimum atomic E-state index is -1.12. The summed E-state index contributed by atoms with van der Waals surface area (Å²) in [6.45, 7) is 10.3. The number of hydrogen-bond acceptors (Lipinski definition) is 9. The van der Waals surface area contributed by atoms with Crippen LogP contribution in [0.1, 0.15) is 79.1 Å². The number of rotatable bonds is 14. The van der Waals surface area contributed by atoms with Crippen LogP contribution in [0, 0.1) is 52.3 Å². The molecule has 0 radical (unpaired) electrons. The fraction of sp³-hybridized carbons (Fsp3) is 0.970. The number of carbonyl (C=O) groups excluding carboxylic acids is 1. The van der Waals surface area contributed by atoms with Gasteiger partial charge in [0, 0.05) is 26.7 Å². The van der Waals surface area contributed by atoms with Crippen LogP contribution in [0.15, 0.2) is 0 Å². The van der Waals surface area contributed by atoms with Crippen molar-refractivity contribution >= 4 is 5.97 Å². The number of aliphatic hydroxyl groups is 1. The van der Waals surface area contributed by atoms with Crippen LogP contribution in [-0.2, 0) is 38.0 Å². The minimum absolute atomic E-state index is 0.00936. The third-order valence-electron chi connectivity index (χ3n) is 12.4. The molecule has 0 heterocycles. The molecule has 9 heteroatoms. The summed E-state index contributed by atoms with van der Waals surface area (Å²) < 4.78 is 40.6. The Morgan fingerprint density at radius 1 is 0.881 bits per heavy atom. The summed E-state index contributed by atoms with van der Waals surface area (Å²) in [5.41, 5.74) is -0.00407. The molecule has 4 saturated carbocycles. The van der Waals surface area contributed by atoms with Crippen LogP contribution >= 0.6 is 0 Å². The monoisotopic (exact) mass is 598 g/mol. The van der Waals surface area contributed by atoms with Crippen LogP contribution in [0.2, 0.25) is 0 Å². The van der Waals surface area contributed by atoms with Gasteiger partial charge in [0.05, 0.1) is 25.4 Å². The Hall–Kier alpha value is -0.810. The van der Waals surface area contributed by atoms with Crippen molar-refractivity contribution in [1.29, 1.82) is 0 Å². The Morgan fingerprint density at radius 2 is 1.55 bits per heavy atom. The molecule has 0 aromatic carbocycles. The third kappa shape index (κ3) is 6.18. The molecular formula is C33H58O9. The molecule has 244 valence electrons. The van der Waals surface area contributed by atoms with E-state index < -0.39 is 12.1 Å². The van der Waals surface area contributed by atoms with Crippen LogP contribution in [0.3, 0.4) is 0 Å². The highest BCUT2D eigenvalue weighted by Gasteiger charge is 2.68. The van der Waals surface area contributed by atoms with Crippen molar-refractivity contribution < 1.29 is 43.1 Å². The summed E-state index contributed by atoms with van der Waals surface area (Å²) in [5, 5.41) is 10.6. The molecule has 13 atom stereocenters. The maximum atomic E-state index is 12.1. The zero-order chi connectivity index (χ0) is 30.7. The van der Waals surface area contributed by atoms with E-state index in [1.54, 1.807) is 21.3 Å². The van der Waals surface area contributed by atoms with Gasteiger partial charge in [0.15, 0.2) is 6.10 Å². The van der Waals surface area contributed by atoms with Gasteiger partial charge in [-0.2, -0.15) is 0 Å². The maximum absolute atomic E-state index is 12.1. The molecule has 1 N–H and O–H groups in total. The second kappa shape index (κ2) is 14.5. The van der Waals surface area contributed by atoms with Gasteiger partial charge in [-0.05, 0) is 91.8 Å². The summed E-state index contributed by atoms with van der Waals surface area (Å²) in [7, 11) is 6.41. The lowest BCUT2D eigenvalue weighted by Gasteiger charge is -2.66. The number of aliphatic hydroxyl groups excluding tert-OH is 1. The molecule has 4 aliphatic rings. The van der Waals surface area contributed by atoms with Gasteiger partial charge in [0.25, 0.3) is 0 Å². The lowest BCUT2D eigenvalue weighted by molar-refractivity contribution is -0.267. The summed E-state index contributed by atoms with van der Waals surface area (Å²) in [5.74, 6) is 1.92. The van der Waals surface area contributed by atoms with Crippen molar-refractivity contribution in [2.75, 3.05) is 48.8 Å². The van der Waals surface area contributed by atoms with E-state index in [1.165, 1.54) is 7.11 Å². The average molecular weight is 599 g/mol. The quantitative estimate of drug-likeness (QED) is 0.218. The van der Waals surface area contributed by atoms with Gasteiger partial charge >= 0.3 is 5.97 Å². The molecule has 0 unspecified atom stereocenters. The number of esters is 1. The topological polar surface area (TPSA) is 102 Å². The molecule has 0 amide bonds. The zero-order valence-electron chi connectivity index (χ0n) is 27.3. The van der Waals surface area contributed by atoms with E-state index in [2.05, 4.69) is 27.7 Å². The van der Waals surface area contributed by atoms with Crippen LogP contribution in [0.5, 0.6) is 0 Å². The fourth-order valence-electron chi connectivity index (χ4n) is 10.7. The van der Waals surface area contributed by atoms with Crippen molar-refractivity contribution in [2.45, 2.75) is 103 Å². The lowest BCUT2D eigenvalue weighted by atomic mass is 9.40. The highest BCUT2D eigenvalue weighted by atomic mass is 16.7. The van der Waals surface area contributed by atoms with Gasteiger partial charge in [-0.15, -0.1) is 0 Å². The predicted molar refractivity (Wildman–Crippen MR) is 157 cm³/mol. The minimum Gasteiger partial charge on any atom is -0.467 e. The largest absolute Gasteiger partial charge is 0.467 e. The summed E-state index contributed by atoms with van der Waals surface area (Å²) in [6.07, 6.45) is 6.85. The van der Waals surface area contributed by atoms with Crippen molar-refractivity contribution in [3.63, 3.8) is 0 Å². The molecular weight excluding hydrogens is 540 g/mol. The van der Waals surface area contributed by atoms with E-state index in [4.69, 9.17) is 33.2 Å². The Labute approximate surface area is 253 Å². The second-order valence-corrected chi connectivity index (χ2v) is 14.1.